The lowest BCUT2D eigenvalue weighted by atomic mass is 10.1. The van der Waals surface area contributed by atoms with Crippen molar-refractivity contribution in [2.75, 3.05) is 0 Å². The van der Waals surface area contributed by atoms with Gasteiger partial charge < -0.3 is 5.11 Å². The van der Waals surface area contributed by atoms with E-state index in [1.54, 1.807) is 4.57 Å². The molecule has 1 aromatic heterocycles. The predicted octanol–water partition coefficient (Wildman–Crippen LogP) is 4.04. The largest absolute Gasteiger partial charge is 0.493 e. The van der Waals surface area contributed by atoms with Crippen LogP contribution < -0.4 is 0 Å². The zero-order valence-corrected chi connectivity index (χ0v) is 10.4. The number of aryl methyl sites for hydroxylation is 1. The number of fused-ring (bicyclic) bond motifs is 1. The Morgan fingerprint density at radius 3 is 2.53 bits per heavy atom. The Kier molecular flexibility index (Phi) is 2.56. The Bertz CT molecular complexity index is 761. The number of benzene rings is 2. The van der Waals surface area contributed by atoms with Crippen LogP contribution in [0.5, 0.6) is 5.88 Å². The van der Waals surface area contributed by atoms with Gasteiger partial charge in [-0.1, -0.05) is 29.8 Å². The number of rotatable bonds is 2. The highest BCUT2D eigenvalue weighted by Crippen LogP contribution is 2.40. The number of aromatic hydroxyl groups is 1. The maximum atomic E-state index is 11.0. The van der Waals surface area contributed by atoms with Crippen LogP contribution in [-0.2, 0) is 0 Å². The molecule has 0 saturated carbocycles. The van der Waals surface area contributed by atoms with E-state index in [1.165, 1.54) is 0 Å². The van der Waals surface area contributed by atoms with Crippen molar-refractivity contribution in [2.24, 2.45) is 5.18 Å². The van der Waals surface area contributed by atoms with E-state index in [9.17, 15) is 10.0 Å². The molecule has 2 aromatic carbocycles. The summed E-state index contributed by atoms with van der Waals surface area (Å²) in [4.78, 5) is 11.0. The molecule has 0 radical (unpaired) electrons. The zero-order valence-electron chi connectivity index (χ0n) is 10.4. The second-order valence-corrected chi connectivity index (χ2v) is 4.46. The molecule has 0 spiro atoms. The number of hydrogen-bond acceptors (Lipinski definition) is 3. The standard InChI is InChI=1S/C15H12N2O2/c1-10-7-8-13-12(9-10)14(16-19)15(18)17(13)11-5-3-2-4-6-11/h2-9,18H,1H3. The molecular formula is C15H12N2O2. The van der Waals surface area contributed by atoms with Gasteiger partial charge in [0.25, 0.3) is 0 Å². The molecule has 4 nitrogen and oxygen atoms in total. The minimum atomic E-state index is -0.123. The fourth-order valence-corrected chi connectivity index (χ4v) is 2.30. The van der Waals surface area contributed by atoms with Crippen molar-refractivity contribution in [2.45, 2.75) is 6.92 Å². The van der Waals surface area contributed by atoms with E-state index in [2.05, 4.69) is 5.18 Å². The van der Waals surface area contributed by atoms with Crippen LogP contribution in [0.25, 0.3) is 16.6 Å². The quantitative estimate of drug-likeness (QED) is 0.700. The maximum Gasteiger partial charge on any atom is 0.227 e. The molecule has 0 aliphatic carbocycles. The molecule has 0 unspecified atom stereocenters. The summed E-state index contributed by atoms with van der Waals surface area (Å²) in [6.07, 6.45) is 0. The van der Waals surface area contributed by atoms with Gasteiger partial charge >= 0.3 is 0 Å². The third kappa shape index (κ3) is 1.69. The molecule has 1 heterocycles. The Morgan fingerprint density at radius 2 is 1.84 bits per heavy atom. The van der Waals surface area contributed by atoms with Crippen molar-refractivity contribution in [3.8, 4) is 11.6 Å². The highest BCUT2D eigenvalue weighted by atomic mass is 16.3. The fourth-order valence-electron chi connectivity index (χ4n) is 2.30. The summed E-state index contributed by atoms with van der Waals surface area (Å²) in [6, 6.07) is 15.1. The molecular weight excluding hydrogens is 240 g/mol. The third-order valence-corrected chi connectivity index (χ3v) is 3.18. The summed E-state index contributed by atoms with van der Waals surface area (Å²) in [5.41, 5.74) is 2.66. The van der Waals surface area contributed by atoms with E-state index in [0.717, 1.165) is 16.8 Å². The molecule has 4 heteroatoms. The first kappa shape index (κ1) is 11.5. The highest BCUT2D eigenvalue weighted by Gasteiger charge is 2.18. The number of nitrogens with zero attached hydrogens (tertiary/aromatic N) is 2. The molecule has 3 aromatic rings. The van der Waals surface area contributed by atoms with Crippen molar-refractivity contribution >= 4 is 16.6 Å². The SMILES string of the molecule is Cc1ccc2c(c1)c(N=O)c(O)n2-c1ccccc1. The van der Waals surface area contributed by atoms with E-state index in [1.807, 2.05) is 55.5 Å². The molecule has 0 aliphatic rings. The lowest BCUT2D eigenvalue weighted by Gasteiger charge is -2.06. The number of aromatic nitrogens is 1. The van der Waals surface area contributed by atoms with Crippen molar-refractivity contribution in [1.29, 1.82) is 0 Å². The van der Waals surface area contributed by atoms with Crippen LogP contribution >= 0.6 is 0 Å². The number of nitroso groups, excluding NO2 is 1. The van der Waals surface area contributed by atoms with E-state index in [0.29, 0.717) is 5.39 Å². The van der Waals surface area contributed by atoms with Crippen molar-refractivity contribution < 1.29 is 5.11 Å². The van der Waals surface area contributed by atoms with Crippen LogP contribution in [0.1, 0.15) is 5.56 Å². The lowest BCUT2D eigenvalue weighted by molar-refractivity contribution is 0.446. The molecule has 0 fully saturated rings. The molecule has 1 N–H and O–H groups in total. The van der Waals surface area contributed by atoms with Gasteiger partial charge in [-0.3, -0.25) is 4.57 Å². The van der Waals surface area contributed by atoms with Crippen LogP contribution in [0, 0.1) is 11.8 Å². The number of para-hydroxylation sites is 1. The first-order chi connectivity index (χ1) is 9.22. The van der Waals surface area contributed by atoms with Gasteiger partial charge in [-0.2, -0.15) is 0 Å². The molecule has 0 amide bonds. The Morgan fingerprint density at radius 1 is 1.11 bits per heavy atom. The van der Waals surface area contributed by atoms with E-state index in [-0.39, 0.29) is 11.6 Å². The Hall–Kier alpha value is -2.62. The van der Waals surface area contributed by atoms with Crippen molar-refractivity contribution in [3.05, 3.63) is 59.0 Å². The average molecular weight is 252 g/mol. The van der Waals surface area contributed by atoms with Gasteiger partial charge in [-0.25, -0.2) is 0 Å². The topological polar surface area (TPSA) is 54.6 Å². The van der Waals surface area contributed by atoms with Gasteiger partial charge in [0.15, 0.2) is 5.69 Å². The monoisotopic (exact) mass is 252 g/mol. The molecule has 94 valence electrons. The van der Waals surface area contributed by atoms with Gasteiger partial charge in [0.1, 0.15) is 0 Å². The summed E-state index contributed by atoms with van der Waals surface area (Å²) in [7, 11) is 0. The van der Waals surface area contributed by atoms with Crippen LogP contribution in [0.3, 0.4) is 0 Å². The summed E-state index contributed by atoms with van der Waals surface area (Å²) < 4.78 is 1.63. The molecule has 0 aliphatic heterocycles. The van der Waals surface area contributed by atoms with Gasteiger partial charge in [-0.05, 0) is 36.4 Å². The molecule has 0 atom stereocenters. The van der Waals surface area contributed by atoms with E-state index >= 15 is 0 Å². The van der Waals surface area contributed by atoms with Crippen molar-refractivity contribution in [1.82, 2.24) is 4.57 Å². The second-order valence-electron chi connectivity index (χ2n) is 4.46. The average Bonchev–Trinajstić information content (AvgIpc) is 2.70. The Balaban J connectivity index is 2.43. The first-order valence-electron chi connectivity index (χ1n) is 5.95. The van der Waals surface area contributed by atoms with Crippen LogP contribution in [0.15, 0.2) is 53.7 Å². The van der Waals surface area contributed by atoms with Gasteiger partial charge in [0.2, 0.25) is 5.88 Å². The first-order valence-corrected chi connectivity index (χ1v) is 5.95. The van der Waals surface area contributed by atoms with E-state index in [4.69, 9.17) is 0 Å². The molecule has 19 heavy (non-hydrogen) atoms. The summed E-state index contributed by atoms with van der Waals surface area (Å²) in [5, 5.41) is 13.9. The van der Waals surface area contributed by atoms with Gasteiger partial charge in [-0.15, -0.1) is 4.91 Å². The van der Waals surface area contributed by atoms with Gasteiger partial charge in [0.05, 0.1) is 5.52 Å². The van der Waals surface area contributed by atoms with Gasteiger partial charge in [0, 0.05) is 11.1 Å². The predicted molar refractivity (Wildman–Crippen MR) is 75.1 cm³/mol. The summed E-state index contributed by atoms with van der Waals surface area (Å²) in [6.45, 7) is 1.94. The number of hydrogen-bond donors (Lipinski definition) is 1. The minimum Gasteiger partial charge on any atom is -0.493 e. The normalized spacial score (nSPS) is 10.8. The third-order valence-electron chi connectivity index (χ3n) is 3.18. The zero-order chi connectivity index (χ0) is 13.4. The highest BCUT2D eigenvalue weighted by molar-refractivity contribution is 5.96. The van der Waals surface area contributed by atoms with E-state index < -0.39 is 0 Å². The maximum absolute atomic E-state index is 11.0. The second kappa shape index (κ2) is 4.24. The summed E-state index contributed by atoms with van der Waals surface area (Å²) >= 11 is 0. The van der Waals surface area contributed by atoms with Crippen LogP contribution in [0.2, 0.25) is 0 Å². The lowest BCUT2D eigenvalue weighted by Crippen LogP contribution is -1.92. The molecule has 0 bridgehead atoms. The van der Waals surface area contributed by atoms with Crippen LogP contribution in [0.4, 0.5) is 5.69 Å². The van der Waals surface area contributed by atoms with Crippen molar-refractivity contribution in [3.63, 3.8) is 0 Å². The van der Waals surface area contributed by atoms with Crippen LogP contribution in [-0.4, -0.2) is 9.67 Å². The molecule has 0 saturated heterocycles. The Labute approximate surface area is 109 Å². The fraction of sp³-hybridized carbons (Fsp3) is 0.0667. The minimum absolute atomic E-state index is 0.0857. The smallest absolute Gasteiger partial charge is 0.227 e. The molecule has 3 rings (SSSR count). The summed E-state index contributed by atoms with van der Waals surface area (Å²) in [5.74, 6) is -0.123.